The molecule has 0 radical (unpaired) electrons. The number of halogens is 1. The number of nitrogens with zero attached hydrogens (tertiary/aromatic N) is 1. The van der Waals surface area contributed by atoms with E-state index >= 15 is 0 Å². The SMILES string of the molecule is O=C(Nc1ccc(Cl)cc1)OCN1CCCC1=O. The van der Waals surface area contributed by atoms with Crippen LogP contribution in [0.5, 0.6) is 0 Å². The van der Waals surface area contributed by atoms with E-state index in [1.165, 1.54) is 4.90 Å². The predicted molar refractivity (Wildman–Crippen MR) is 67.4 cm³/mol. The lowest BCUT2D eigenvalue weighted by atomic mass is 10.3. The lowest BCUT2D eigenvalue weighted by molar-refractivity contribution is -0.130. The number of benzene rings is 1. The highest BCUT2D eigenvalue weighted by atomic mass is 35.5. The fraction of sp³-hybridized carbons (Fsp3) is 0.333. The molecule has 18 heavy (non-hydrogen) atoms. The second-order valence-corrected chi connectivity index (χ2v) is 4.39. The molecular formula is C12H13ClN2O3. The van der Waals surface area contributed by atoms with Crippen molar-refractivity contribution in [2.24, 2.45) is 0 Å². The molecule has 0 unspecified atom stereocenters. The monoisotopic (exact) mass is 268 g/mol. The van der Waals surface area contributed by atoms with Crippen molar-refractivity contribution in [1.29, 1.82) is 0 Å². The van der Waals surface area contributed by atoms with Crippen LogP contribution in [-0.2, 0) is 9.53 Å². The van der Waals surface area contributed by atoms with Gasteiger partial charge >= 0.3 is 6.09 Å². The third-order valence-corrected chi connectivity index (χ3v) is 2.87. The normalized spacial score (nSPS) is 14.7. The Labute approximate surface area is 110 Å². The first-order valence-corrected chi connectivity index (χ1v) is 6.00. The van der Waals surface area contributed by atoms with Gasteiger partial charge in [-0.15, -0.1) is 0 Å². The maximum atomic E-state index is 11.5. The Morgan fingerprint density at radius 1 is 1.39 bits per heavy atom. The summed E-state index contributed by atoms with van der Waals surface area (Å²) >= 11 is 5.72. The van der Waals surface area contributed by atoms with Gasteiger partial charge in [-0.2, -0.15) is 0 Å². The number of hydrogen-bond acceptors (Lipinski definition) is 3. The number of amides is 2. The standard InChI is InChI=1S/C12H13ClN2O3/c13-9-3-5-10(6-4-9)14-12(17)18-8-15-7-1-2-11(15)16/h3-6H,1-2,7-8H2,(H,14,17). The van der Waals surface area contributed by atoms with E-state index in [0.717, 1.165) is 6.42 Å². The van der Waals surface area contributed by atoms with E-state index in [2.05, 4.69) is 5.32 Å². The molecule has 1 aromatic rings. The van der Waals surface area contributed by atoms with Gasteiger partial charge in [0.05, 0.1) is 0 Å². The third kappa shape index (κ3) is 3.37. The zero-order valence-electron chi connectivity index (χ0n) is 9.69. The van der Waals surface area contributed by atoms with Crippen LogP contribution >= 0.6 is 11.6 Å². The first kappa shape index (κ1) is 12.7. The highest BCUT2D eigenvalue weighted by Crippen LogP contribution is 2.14. The van der Waals surface area contributed by atoms with Gasteiger partial charge in [0.15, 0.2) is 6.73 Å². The fourth-order valence-corrected chi connectivity index (χ4v) is 1.79. The Bertz CT molecular complexity index is 447. The molecule has 1 aliphatic heterocycles. The van der Waals surface area contributed by atoms with E-state index in [0.29, 0.717) is 23.7 Å². The van der Waals surface area contributed by atoms with E-state index in [4.69, 9.17) is 16.3 Å². The van der Waals surface area contributed by atoms with Gasteiger partial charge in [-0.25, -0.2) is 4.79 Å². The molecule has 2 amide bonds. The number of anilines is 1. The second-order valence-electron chi connectivity index (χ2n) is 3.95. The summed E-state index contributed by atoms with van der Waals surface area (Å²) in [6.07, 6.45) is 0.764. The van der Waals surface area contributed by atoms with Gasteiger partial charge in [0, 0.05) is 23.7 Å². The van der Waals surface area contributed by atoms with Crippen molar-refractivity contribution in [2.45, 2.75) is 12.8 Å². The minimum absolute atomic E-state index is 0.00173. The molecule has 1 heterocycles. The molecular weight excluding hydrogens is 256 g/mol. The van der Waals surface area contributed by atoms with Crippen LogP contribution in [0.2, 0.25) is 5.02 Å². The number of likely N-dealkylation sites (tertiary alicyclic amines) is 1. The summed E-state index contributed by atoms with van der Waals surface area (Å²) in [5, 5.41) is 3.14. The van der Waals surface area contributed by atoms with Crippen molar-refractivity contribution in [3.63, 3.8) is 0 Å². The average Bonchev–Trinajstić information content (AvgIpc) is 2.75. The minimum Gasteiger partial charge on any atom is -0.428 e. The Hall–Kier alpha value is -1.75. The van der Waals surface area contributed by atoms with Crippen LogP contribution < -0.4 is 5.32 Å². The minimum atomic E-state index is -0.586. The number of ether oxygens (including phenoxy) is 1. The Balaban J connectivity index is 1.78. The molecule has 0 aliphatic carbocycles. The fourth-order valence-electron chi connectivity index (χ4n) is 1.66. The summed E-state index contributed by atoms with van der Waals surface area (Å²) in [5.74, 6) is 0.0225. The largest absolute Gasteiger partial charge is 0.428 e. The van der Waals surface area contributed by atoms with Crippen LogP contribution in [0.15, 0.2) is 24.3 Å². The van der Waals surface area contributed by atoms with E-state index in [1.54, 1.807) is 24.3 Å². The molecule has 0 saturated carbocycles. The van der Waals surface area contributed by atoms with Crippen molar-refractivity contribution in [2.75, 3.05) is 18.6 Å². The van der Waals surface area contributed by atoms with Gasteiger partial charge in [0.1, 0.15) is 0 Å². The molecule has 1 aromatic carbocycles. The van der Waals surface area contributed by atoms with Crippen LogP contribution in [-0.4, -0.2) is 30.2 Å². The number of nitrogens with one attached hydrogen (secondary N) is 1. The highest BCUT2D eigenvalue weighted by Gasteiger charge is 2.20. The van der Waals surface area contributed by atoms with Gasteiger partial charge in [-0.1, -0.05) is 11.6 Å². The number of carbonyl (C=O) groups excluding carboxylic acids is 2. The maximum Gasteiger partial charge on any atom is 0.413 e. The van der Waals surface area contributed by atoms with Crippen LogP contribution in [0.1, 0.15) is 12.8 Å². The third-order valence-electron chi connectivity index (χ3n) is 2.61. The van der Waals surface area contributed by atoms with Gasteiger partial charge < -0.3 is 9.64 Å². The van der Waals surface area contributed by atoms with Crippen molar-refractivity contribution in [3.8, 4) is 0 Å². The first-order valence-electron chi connectivity index (χ1n) is 5.62. The summed E-state index contributed by atoms with van der Waals surface area (Å²) in [6.45, 7) is 0.644. The molecule has 6 heteroatoms. The molecule has 1 N–H and O–H groups in total. The van der Waals surface area contributed by atoms with Crippen molar-refractivity contribution in [1.82, 2.24) is 4.90 Å². The molecule has 0 aromatic heterocycles. The van der Waals surface area contributed by atoms with Crippen molar-refractivity contribution in [3.05, 3.63) is 29.3 Å². The topological polar surface area (TPSA) is 58.6 Å². The van der Waals surface area contributed by atoms with Gasteiger partial charge in [-0.05, 0) is 30.7 Å². The molecule has 0 bridgehead atoms. The molecule has 96 valence electrons. The van der Waals surface area contributed by atoms with Gasteiger partial charge in [0.2, 0.25) is 5.91 Å². The van der Waals surface area contributed by atoms with Gasteiger partial charge in [-0.3, -0.25) is 10.1 Å². The molecule has 0 atom stereocenters. The number of rotatable bonds is 3. The second kappa shape index (κ2) is 5.73. The average molecular weight is 269 g/mol. The van der Waals surface area contributed by atoms with Crippen LogP contribution in [0.3, 0.4) is 0 Å². The summed E-state index contributed by atoms with van der Waals surface area (Å²) < 4.78 is 4.95. The van der Waals surface area contributed by atoms with E-state index in [1.807, 2.05) is 0 Å². The molecule has 5 nitrogen and oxygen atoms in total. The summed E-state index contributed by atoms with van der Waals surface area (Å²) in [6, 6.07) is 6.68. The zero-order valence-corrected chi connectivity index (χ0v) is 10.4. The zero-order chi connectivity index (χ0) is 13.0. The Morgan fingerprint density at radius 2 is 2.11 bits per heavy atom. The summed E-state index contributed by atoms with van der Waals surface area (Å²) in [5.41, 5.74) is 0.595. The van der Waals surface area contributed by atoms with Crippen LogP contribution in [0.4, 0.5) is 10.5 Å². The highest BCUT2D eigenvalue weighted by molar-refractivity contribution is 6.30. The molecule has 1 saturated heterocycles. The molecule has 2 rings (SSSR count). The smallest absolute Gasteiger partial charge is 0.413 e. The lowest BCUT2D eigenvalue weighted by Gasteiger charge is -2.15. The summed E-state index contributed by atoms with van der Waals surface area (Å²) in [7, 11) is 0. The Morgan fingerprint density at radius 3 is 2.72 bits per heavy atom. The molecule has 1 fully saturated rings. The maximum absolute atomic E-state index is 11.5. The van der Waals surface area contributed by atoms with Crippen LogP contribution in [0, 0.1) is 0 Å². The van der Waals surface area contributed by atoms with Crippen molar-refractivity contribution < 1.29 is 14.3 Å². The van der Waals surface area contributed by atoms with Gasteiger partial charge in [0.25, 0.3) is 0 Å². The summed E-state index contributed by atoms with van der Waals surface area (Å²) in [4.78, 5) is 24.3. The lowest BCUT2D eigenvalue weighted by Crippen LogP contribution is -2.30. The van der Waals surface area contributed by atoms with E-state index < -0.39 is 6.09 Å². The Kier molecular flexibility index (Phi) is 4.04. The molecule has 1 aliphatic rings. The van der Waals surface area contributed by atoms with Crippen LogP contribution in [0.25, 0.3) is 0 Å². The van der Waals surface area contributed by atoms with E-state index in [9.17, 15) is 9.59 Å². The number of hydrogen-bond donors (Lipinski definition) is 1. The first-order chi connectivity index (χ1) is 8.65. The predicted octanol–water partition coefficient (Wildman–Crippen LogP) is 2.47. The molecule has 0 spiro atoms. The number of carbonyl (C=O) groups is 2. The van der Waals surface area contributed by atoms with Crippen molar-refractivity contribution >= 4 is 29.3 Å². The van der Waals surface area contributed by atoms with E-state index in [-0.39, 0.29) is 12.6 Å². The quantitative estimate of drug-likeness (QED) is 0.916.